The third-order valence-electron chi connectivity index (χ3n) is 4.64. The van der Waals surface area contributed by atoms with Gasteiger partial charge < -0.3 is 24.2 Å². The van der Waals surface area contributed by atoms with Gasteiger partial charge in [-0.3, -0.25) is 9.59 Å². The fourth-order valence-corrected chi connectivity index (χ4v) is 3.13. The number of anilines is 1. The minimum atomic E-state index is -0.253. The average molecular weight is 365 g/mol. The summed E-state index contributed by atoms with van der Waals surface area (Å²) in [4.78, 5) is 29.5. The van der Waals surface area contributed by atoms with Crippen molar-refractivity contribution in [1.29, 1.82) is 0 Å². The lowest BCUT2D eigenvalue weighted by Gasteiger charge is -2.36. The van der Waals surface area contributed by atoms with E-state index in [0.717, 1.165) is 0 Å². The molecule has 0 saturated carbocycles. The molecule has 7 nitrogen and oxygen atoms in total. The molecule has 8 heteroatoms. The van der Waals surface area contributed by atoms with Crippen LogP contribution in [-0.4, -0.2) is 87.3 Å². The summed E-state index contributed by atoms with van der Waals surface area (Å²) in [5, 5.41) is 0. The van der Waals surface area contributed by atoms with Crippen molar-refractivity contribution < 1.29 is 23.5 Å². The molecule has 0 atom stereocenters. The number of amides is 2. The van der Waals surface area contributed by atoms with Gasteiger partial charge in [-0.15, -0.1) is 0 Å². The fourth-order valence-electron chi connectivity index (χ4n) is 3.13. The molecule has 0 radical (unpaired) electrons. The molecule has 0 N–H and O–H groups in total. The highest BCUT2D eigenvalue weighted by molar-refractivity contribution is 5.80. The maximum absolute atomic E-state index is 13.8. The van der Waals surface area contributed by atoms with Gasteiger partial charge >= 0.3 is 0 Å². The van der Waals surface area contributed by atoms with E-state index in [1.807, 2.05) is 4.90 Å². The van der Waals surface area contributed by atoms with E-state index in [-0.39, 0.29) is 30.8 Å². The Labute approximate surface area is 152 Å². The number of hydrogen-bond acceptors (Lipinski definition) is 5. The molecule has 2 fully saturated rings. The molecule has 0 bridgehead atoms. The van der Waals surface area contributed by atoms with Crippen LogP contribution in [0.3, 0.4) is 0 Å². The van der Waals surface area contributed by atoms with Crippen molar-refractivity contribution in [3.05, 3.63) is 30.1 Å². The molecular formula is C18H24FN3O4. The van der Waals surface area contributed by atoms with E-state index in [9.17, 15) is 14.0 Å². The van der Waals surface area contributed by atoms with Crippen molar-refractivity contribution in [2.75, 3.05) is 70.6 Å². The number of benzene rings is 1. The molecule has 2 amide bonds. The minimum Gasteiger partial charge on any atom is -0.378 e. The summed E-state index contributed by atoms with van der Waals surface area (Å²) >= 11 is 0. The van der Waals surface area contributed by atoms with Crippen LogP contribution in [0.1, 0.15) is 0 Å². The SMILES string of the molecule is O=C(COCC(=O)N1CCN(c2ccccc2F)CC1)N1CCOCC1. The second kappa shape index (κ2) is 8.95. The van der Waals surface area contributed by atoms with E-state index in [2.05, 4.69) is 0 Å². The number of piperazine rings is 1. The van der Waals surface area contributed by atoms with E-state index in [1.54, 1.807) is 28.0 Å². The van der Waals surface area contributed by atoms with E-state index < -0.39 is 0 Å². The number of ether oxygens (including phenoxy) is 2. The number of hydrogen-bond donors (Lipinski definition) is 0. The van der Waals surface area contributed by atoms with Gasteiger partial charge in [-0.1, -0.05) is 12.1 Å². The molecule has 0 aliphatic carbocycles. The number of rotatable bonds is 5. The van der Waals surface area contributed by atoms with Crippen LogP contribution < -0.4 is 4.90 Å². The lowest BCUT2D eigenvalue weighted by Crippen LogP contribution is -2.50. The molecule has 3 rings (SSSR count). The van der Waals surface area contributed by atoms with E-state index in [4.69, 9.17) is 9.47 Å². The normalized spacial score (nSPS) is 18.1. The molecule has 2 aliphatic heterocycles. The topological polar surface area (TPSA) is 62.3 Å². The van der Waals surface area contributed by atoms with Crippen LogP contribution in [0.2, 0.25) is 0 Å². The first-order valence-corrected chi connectivity index (χ1v) is 8.85. The highest BCUT2D eigenvalue weighted by atomic mass is 19.1. The first-order chi connectivity index (χ1) is 12.6. The van der Waals surface area contributed by atoms with Crippen molar-refractivity contribution in [2.45, 2.75) is 0 Å². The zero-order valence-electron chi connectivity index (χ0n) is 14.7. The van der Waals surface area contributed by atoms with Gasteiger partial charge in [0, 0.05) is 39.3 Å². The zero-order valence-corrected chi connectivity index (χ0v) is 14.7. The van der Waals surface area contributed by atoms with Crippen molar-refractivity contribution in [3.63, 3.8) is 0 Å². The molecule has 0 spiro atoms. The third-order valence-corrected chi connectivity index (χ3v) is 4.64. The number of morpholine rings is 1. The Kier molecular flexibility index (Phi) is 6.40. The molecule has 26 heavy (non-hydrogen) atoms. The molecule has 1 aromatic carbocycles. The minimum absolute atomic E-state index is 0.0963. The molecule has 0 aromatic heterocycles. The van der Waals surface area contributed by atoms with Gasteiger partial charge in [0.25, 0.3) is 0 Å². The van der Waals surface area contributed by atoms with Gasteiger partial charge in [-0.05, 0) is 12.1 Å². The first kappa shape index (κ1) is 18.6. The van der Waals surface area contributed by atoms with Crippen LogP contribution in [0.15, 0.2) is 24.3 Å². The average Bonchev–Trinajstić information content (AvgIpc) is 2.69. The molecule has 2 heterocycles. The number of carbonyl (C=O) groups is 2. The van der Waals surface area contributed by atoms with Crippen molar-refractivity contribution in [2.24, 2.45) is 0 Å². The Morgan fingerprint density at radius 1 is 0.923 bits per heavy atom. The Morgan fingerprint density at radius 2 is 1.50 bits per heavy atom. The van der Waals surface area contributed by atoms with Gasteiger partial charge in [0.2, 0.25) is 11.8 Å². The predicted octanol–water partition coefficient (Wildman–Crippen LogP) is 0.350. The molecule has 2 saturated heterocycles. The van der Waals surface area contributed by atoms with Gasteiger partial charge in [0.1, 0.15) is 19.0 Å². The summed E-state index contributed by atoms with van der Waals surface area (Å²) in [7, 11) is 0. The zero-order chi connectivity index (χ0) is 18.4. The largest absolute Gasteiger partial charge is 0.378 e. The van der Waals surface area contributed by atoms with Crippen molar-refractivity contribution >= 4 is 17.5 Å². The highest BCUT2D eigenvalue weighted by Gasteiger charge is 2.23. The molecule has 2 aliphatic rings. The Morgan fingerprint density at radius 3 is 2.12 bits per heavy atom. The Balaban J connectivity index is 1.38. The lowest BCUT2D eigenvalue weighted by molar-refractivity contribution is -0.144. The van der Waals surface area contributed by atoms with E-state index in [1.165, 1.54) is 6.07 Å². The van der Waals surface area contributed by atoms with E-state index in [0.29, 0.717) is 58.2 Å². The summed E-state index contributed by atoms with van der Waals surface area (Å²) < 4.78 is 24.3. The molecule has 1 aromatic rings. The van der Waals surface area contributed by atoms with Crippen LogP contribution >= 0.6 is 0 Å². The Bertz CT molecular complexity index is 629. The van der Waals surface area contributed by atoms with Gasteiger partial charge in [-0.2, -0.15) is 0 Å². The van der Waals surface area contributed by atoms with Gasteiger partial charge in [0.05, 0.1) is 18.9 Å². The first-order valence-electron chi connectivity index (χ1n) is 8.85. The van der Waals surface area contributed by atoms with Crippen LogP contribution in [0.4, 0.5) is 10.1 Å². The lowest BCUT2D eigenvalue weighted by atomic mass is 10.2. The smallest absolute Gasteiger partial charge is 0.248 e. The van der Waals surface area contributed by atoms with E-state index >= 15 is 0 Å². The van der Waals surface area contributed by atoms with Crippen LogP contribution in [0.5, 0.6) is 0 Å². The number of halogens is 1. The summed E-state index contributed by atoms with van der Waals surface area (Å²) in [6, 6.07) is 6.64. The molecule has 142 valence electrons. The van der Waals surface area contributed by atoms with Crippen molar-refractivity contribution in [3.8, 4) is 0 Å². The van der Waals surface area contributed by atoms with Crippen molar-refractivity contribution in [1.82, 2.24) is 9.80 Å². The monoisotopic (exact) mass is 365 g/mol. The molecule has 0 unspecified atom stereocenters. The van der Waals surface area contributed by atoms with Gasteiger partial charge in [-0.25, -0.2) is 4.39 Å². The summed E-state index contributed by atoms with van der Waals surface area (Å²) in [5.74, 6) is -0.518. The van der Waals surface area contributed by atoms with Crippen LogP contribution in [0, 0.1) is 5.82 Å². The fraction of sp³-hybridized carbons (Fsp3) is 0.556. The van der Waals surface area contributed by atoms with Crippen LogP contribution in [0.25, 0.3) is 0 Å². The quantitative estimate of drug-likeness (QED) is 0.754. The molecular weight excluding hydrogens is 341 g/mol. The highest BCUT2D eigenvalue weighted by Crippen LogP contribution is 2.20. The second-order valence-electron chi connectivity index (χ2n) is 6.31. The number of carbonyl (C=O) groups excluding carboxylic acids is 2. The predicted molar refractivity (Wildman–Crippen MR) is 93.4 cm³/mol. The summed E-state index contributed by atoms with van der Waals surface area (Å²) in [5.41, 5.74) is 0.562. The maximum atomic E-state index is 13.8. The maximum Gasteiger partial charge on any atom is 0.248 e. The Hall–Kier alpha value is -2.19. The standard InChI is InChI=1S/C18H24FN3O4/c19-15-3-1-2-4-16(15)20-5-7-21(8-6-20)17(23)13-26-14-18(24)22-9-11-25-12-10-22/h1-4H,5-14H2. The van der Waals surface area contributed by atoms with Crippen LogP contribution in [-0.2, 0) is 19.1 Å². The summed E-state index contributed by atoms with van der Waals surface area (Å²) in [6.45, 7) is 4.15. The summed E-state index contributed by atoms with van der Waals surface area (Å²) in [6.07, 6.45) is 0. The third kappa shape index (κ3) is 4.70. The van der Waals surface area contributed by atoms with Gasteiger partial charge in [0.15, 0.2) is 0 Å². The number of nitrogens with zero attached hydrogens (tertiary/aromatic N) is 3. The number of para-hydroxylation sites is 1. The second-order valence-corrected chi connectivity index (χ2v) is 6.31.